The highest BCUT2D eigenvalue weighted by molar-refractivity contribution is 5.74. The third-order valence-electron chi connectivity index (χ3n) is 2.50. The van der Waals surface area contributed by atoms with Crippen LogP contribution in [0.25, 0.3) is 0 Å². The molecule has 0 heterocycles. The van der Waals surface area contributed by atoms with E-state index in [1.54, 1.807) is 0 Å². The van der Waals surface area contributed by atoms with Gasteiger partial charge in [0.05, 0.1) is 0 Å². The lowest BCUT2D eigenvalue weighted by Crippen LogP contribution is -2.32. The minimum atomic E-state index is -0.483. The molecule has 1 amide bonds. The van der Waals surface area contributed by atoms with Crippen LogP contribution in [0.4, 0.5) is 4.39 Å². The summed E-state index contributed by atoms with van der Waals surface area (Å²) < 4.78 is 12.8. The zero-order valence-corrected chi connectivity index (χ0v) is 9.90. The number of phenols is 1. The molecule has 4 N–H and O–H groups in total. The molecule has 1 rings (SSSR count). The van der Waals surface area contributed by atoms with Crippen LogP contribution in [0.5, 0.6) is 5.75 Å². The van der Waals surface area contributed by atoms with Crippen molar-refractivity contribution in [2.24, 2.45) is 5.73 Å². The van der Waals surface area contributed by atoms with Crippen molar-refractivity contribution in [2.75, 3.05) is 0 Å². The second kappa shape index (κ2) is 5.63. The van der Waals surface area contributed by atoms with Gasteiger partial charge in [-0.2, -0.15) is 0 Å². The molecule has 0 aliphatic rings. The molecule has 0 saturated heterocycles. The molecule has 0 radical (unpaired) electrons. The Morgan fingerprint density at radius 1 is 1.53 bits per heavy atom. The number of rotatable bonds is 5. The Balaban J connectivity index is 2.69. The highest BCUT2D eigenvalue weighted by atomic mass is 19.1. The van der Waals surface area contributed by atoms with Gasteiger partial charge < -0.3 is 16.2 Å². The molecular weight excluding hydrogens is 223 g/mol. The van der Waals surface area contributed by atoms with Crippen LogP contribution >= 0.6 is 0 Å². The van der Waals surface area contributed by atoms with E-state index in [-0.39, 0.29) is 30.2 Å². The van der Waals surface area contributed by atoms with E-state index in [9.17, 15) is 14.3 Å². The first kappa shape index (κ1) is 13.4. The molecule has 0 aromatic heterocycles. The number of benzene rings is 1. The fourth-order valence-corrected chi connectivity index (χ4v) is 1.76. The summed E-state index contributed by atoms with van der Waals surface area (Å²) in [6.07, 6.45) is 0.215. The molecule has 0 bridgehead atoms. The second-order valence-corrected chi connectivity index (χ2v) is 4.16. The van der Waals surface area contributed by atoms with Crippen LogP contribution in [0, 0.1) is 5.82 Å². The van der Waals surface area contributed by atoms with Gasteiger partial charge in [0.25, 0.3) is 0 Å². The molecule has 4 nitrogen and oxygen atoms in total. The Hall–Kier alpha value is -1.62. The maximum Gasteiger partial charge on any atom is 0.218 e. The lowest BCUT2D eigenvalue weighted by molar-refractivity contribution is -0.118. The minimum Gasteiger partial charge on any atom is -0.508 e. The SMILES string of the molecule is CC(CC(N)=O)NC(C)c1ccc(F)cc1O. The number of phenolic OH excluding ortho intramolecular Hbond substituents is 1. The monoisotopic (exact) mass is 240 g/mol. The van der Waals surface area contributed by atoms with Crippen molar-refractivity contribution in [3.8, 4) is 5.75 Å². The number of nitrogens with one attached hydrogen (secondary N) is 1. The number of nitrogens with two attached hydrogens (primary N) is 1. The Bertz CT molecular complexity index is 409. The molecule has 94 valence electrons. The standard InChI is InChI=1S/C12H17FN2O2/c1-7(5-12(14)17)15-8(2)10-4-3-9(13)6-11(10)16/h3-4,6-8,15-16H,5H2,1-2H3,(H2,14,17). The molecule has 0 aliphatic carbocycles. The summed E-state index contributed by atoms with van der Waals surface area (Å²) >= 11 is 0. The van der Waals surface area contributed by atoms with Gasteiger partial charge in [-0.3, -0.25) is 4.79 Å². The molecule has 2 unspecified atom stereocenters. The second-order valence-electron chi connectivity index (χ2n) is 4.16. The average Bonchev–Trinajstić information content (AvgIpc) is 2.15. The van der Waals surface area contributed by atoms with Crippen LogP contribution in [0.3, 0.4) is 0 Å². The van der Waals surface area contributed by atoms with Gasteiger partial charge in [-0.1, -0.05) is 6.07 Å². The molecule has 0 aliphatic heterocycles. The normalized spacial score (nSPS) is 14.3. The highest BCUT2D eigenvalue weighted by Gasteiger charge is 2.14. The summed E-state index contributed by atoms with van der Waals surface area (Å²) in [6.45, 7) is 3.65. The molecule has 1 aromatic rings. The van der Waals surface area contributed by atoms with Crippen LogP contribution in [-0.4, -0.2) is 17.1 Å². The first-order chi connectivity index (χ1) is 7.90. The van der Waals surface area contributed by atoms with Gasteiger partial charge in [-0.15, -0.1) is 0 Å². The van der Waals surface area contributed by atoms with E-state index in [2.05, 4.69) is 5.32 Å². The van der Waals surface area contributed by atoms with Crippen molar-refractivity contribution in [3.05, 3.63) is 29.6 Å². The van der Waals surface area contributed by atoms with E-state index in [1.165, 1.54) is 12.1 Å². The van der Waals surface area contributed by atoms with Gasteiger partial charge in [0, 0.05) is 30.1 Å². The van der Waals surface area contributed by atoms with Crippen LogP contribution in [0.2, 0.25) is 0 Å². The molecule has 0 fully saturated rings. The van der Waals surface area contributed by atoms with Crippen molar-refractivity contribution < 1.29 is 14.3 Å². The van der Waals surface area contributed by atoms with E-state index >= 15 is 0 Å². The molecule has 1 aromatic carbocycles. The number of carbonyl (C=O) groups excluding carboxylic acids is 1. The smallest absolute Gasteiger partial charge is 0.218 e. The third kappa shape index (κ3) is 4.03. The largest absolute Gasteiger partial charge is 0.508 e. The number of amides is 1. The Morgan fingerprint density at radius 2 is 2.18 bits per heavy atom. The fraction of sp³-hybridized carbons (Fsp3) is 0.417. The molecule has 2 atom stereocenters. The van der Waals surface area contributed by atoms with Gasteiger partial charge in [-0.05, 0) is 19.9 Å². The van der Waals surface area contributed by atoms with Crippen molar-refractivity contribution >= 4 is 5.91 Å². The van der Waals surface area contributed by atoms with E-state index in [0.29, 0.717) is 5.56 Å². The first-order valence-electron chi connectivity index (χ1n) is 5.43. The molecule has 0 saturated carbocycles. The Kier molecular flexibility index (Phi) is 4.45. The van der Waals surface area contributed by atoms with Crippen LogP contribution in [0.1, 0.15) is 31.9 Å². The number of halogens is 1. The van der Waals surface area contributed by atoms with Crippen LogP contribution < -0.4 is 11.1 Å². The number of hydrogen-bond donors (Lipinski definition) is 3. The Morgan fingerprint density at radius 3 is 2.71 bits per heavy atom. The summed E-state index contributed by atoms with van der Waals surface area (Å²) in [5, 5.41) is 12.7. The molecular formula is C12H17FN2O2. The number of aromatic hydroxyl groups is 1. The van der Waals surface area contributed by atoms with Crippen LogP contribution in [-0.2, 0) is 4.79 Å². The lowest BCUT2D eigenvalue weighted by Gasteiger charge is -2.20. The number of primary amides is 1. The van der Waals surface area contributed by atoms with Crippen molar-refractivity contribution in [1.82, 2.24) is 5.32 Å². The maximum absolute atomic E-state index is 12.8. The molecule has 17 heavy (non-hydrogen) atoms. The summed E-state index contributed by atoms with van der Waals surface area (Å²) in [5.74, 6) is -0.972. The summed E-state index contributed by atoms with van der Waals surface area (Å²) in [7, 11) is 0. The maximum atomic E-state index is 12.8. The van der Waals surface area contributed by atoms with Crippen LogP contribution in [0.15, 0.2) is 18.2 Å². The minimum absolute atomic E-state index is 0.101. The average molecular weight is 240 g/mol. The first-order valence-corrected chi connectivity index (χ1v) is 5.43. The zero-order valence-electron chi connectivity index (χ0n) is 9.90. The van der Waals surface area contributed by atoms with Gasteiger partial charge in [0.15, 0.2) is 0 Å². The summed E-state index contributed by atoms with van der Waals surface area (Å²) in [6, 6.07) is 3.56. The molecule has 0 spiro atoms. The van der Waals surface area contributed by atoms with E-state index in [0.717, 1.165) is 6.07 Å². The molecule has 5 heteroatoms. The van der Waals surface area contributed by atoms with E-state index in [4.69, 9.17) is 5.73 Å². The lowest BCUT2D eigenvalue weighted by atomic mass is 10.1. The van der Waals surface area contributed by atoms with Gasteiger partial charge in [-0.25, -0.2) is 4.39 Å². The highest BCUT2D eigenvalue weighted by Crippen LogP contribution is 2.25. The van der Waals surface area contributed by atoms with Crippen molar-refractivity contribution in [2.45, 2.75) is 32.4 Å². The number of carbonyl (C=O) groups is 1. The van der Waals surface area contributed by atoms with Crippen molar-refractivity contribution in [1.29, 1.82) is 0 Å². The van der Waals surface area contributed by atoms with Gasteiger partial charge in [0.2, 0.25) is 5.91 Å². The predicted octanol–water partition coefficient (Wildman–Crippen LogP) is 1.45. The topological polar surface area (TPSA) is 75.4 Å². The fourth-order valence-electron chi connectivity index (χ4n) is 1.76. The van der Waals surface area contributed by atoms with Gasteiger partial charge in [0.1, 0.15) is 11.6 Å². The van der Waals surface area contributed by atoms with E-state index in [1.807, 2.05) is 13.8 Å². The third-order valence-corrected chi connectivity index (χ3v) is 2.50. The van der Waals surface area contributed by atoms with Crippen molar-refractivity contribution in [3.63, 3.8) is 0 Å². The summed E-state index contributed by atoms with van der Waals surface area (Å²) in [5.41, 5.74) is 5.67. The van der Waals surface area contributed by atoms with E-state index < -0.39 is 5.82 Å². The summed E-state index contributed by atoms with van der Waals surface area (Å²) in [4.78, 5) is 10.7. The quantitative estimate of drug-likeness (QED) is 0.729. The zero-order chi connectivity index (χ0) is 13.0. The number of hydrogen-bond acceptors (Lipinski definition) is 3. The predicted molar refractivity (Wildman–Crippen MR) is 62.9 cm³/mol. The Labute approximate surface area is 99.6 Å². The van der Waals surface area contributed by atoms with Gasteiger partial charge >= 0.3 is 0 Å².